The van der Waals surface area contributed by atoms with E-state index in [1.807, 2.05) is 36.4 Å². The van der Waals surface area contributed by atoms with Crippen LogP contribution in [0.3, 0.4) is 0 Å². The molecule has 1 aromatic heterocycles. The molecular formula is C16H11BrClN3OS2. The van der Waals surface area contributed by atoms with E-state index in [-0.39, 0.29) is 5.91 Å². The number of rotatable bonds is 5. The number of carbonyl (C=O) groups is 1. The molecule has 0 radical (unpaired) electrons. The summed E-state index contributed by atoms with van der Waals surface area (Å²) in [7, 11) is 0. The van der Waals surface area contributed by atoms with Gasteiger partial charge in [0.1, 0.15) is 0 Å². The quantitative estimate of drug-likeness (QED) is 0.420. The molecule has 122 valence electrons. The lowest BCUT2D eigenvalue weighted by molar-refractivity contribution is 0.102. The summed E-state index contributed by atoms with van der Waals surface area (Å²) in [5.74, 6) is 0.496. The molecule has 8 heteroatoms. The van der Waals surface area contributed by atoms with E-state index < -0.39 is 0 Å². The molecule has 1 amide bonds. The Hall–Kier alpha value is -1.41. The SMILES string of the molecule is O=C(Nc1nnc(SCc2ccccc2Cl)s1)c1ccc(Br)cc1. The highest BCUT2D eigenvalue weighted by molar-refractivity contribution is 9.10. The average Bonchev–Trinajstić information content (AvgIpc) is 3.02. The summed E-state index contributed by atoms with van der Waals surface area (Å²) in [6, 6.07) is 14.8. The first-order chi connectivity index (χ1) is 11.6. The topological polar surface area (TPSA) is 54.9 Å². The van der Waals surface area contributed by atoms with Gasteiger partial charge in [-0.1, -0.05) is 68.8 Å². The number of benzene rings is 2. The molecule has 0 saturated heterocycles. The van der Waals surface area contributed by atoms with E-state index in [1.165, 1.54) is 23.1 Å². The van der Waals surface area contributed by atoms with Crippen LogP contribution >= 0.6 is 50.6 Å². The van der Waals surface area contributed by atoms with E-state index in [2.05, 4.69) is 31.4 Å². The van der Waals surface area contributed by atoms with Crippen molar-refractivity contribution in [3.05, 3.63) is 69.2 Å². The van der Waals surface area contributed by atoms with E-state index in [4.69, 9.17) is 11.6 Å². The molecule has 0 aliphatic heterocycles. The molecule has 3 rings (SSSR count). The molecule has 0 bridgehead atoms. The van der Waals surface area contributed by atoms with Gasteiger partial charge >= 0.3 is 0 Å². The van der Waals surface area contributed by atoms with Crippen molar-refractivity contribution < 1.29 is 4.79 Å². The number of hydrogen-bond acceptors (Lipinski definition) is 5. The van der Waals surface area contributed by atoms with Gasteiger partial charge in [-0.2, -0.15) is 0 Å². The minimum Gasteiger partial charge on any atom is -0.296 e. The highest BCUT2D eigenvalue weighted by Gasteiger charge is 2.11. The number of anilines is 1. The maximum Gasteiger partial charge on any atom is 0.257 e. The highest BCUT2D eigenvalue weighted by Crippen LogP contribution is 2.30. The van der Waals surface area contributed by atoms with Crippen LogP contribution in [0.5, 0.6) is 0 Å². The normalized spacial score (nSPS) is 10.6. The van der Waals surface area contributed by atoms with E-state index in [9.17, 15) is 4.79 Å². The van der Waals surface area contributed by atoms with Gasteiger partial charge in [0, 0.05) is 20.8 Å². The van der Waals surface area contributed by atoms with Crippen LogP contribution in [-0.4, -0.2) is 16.1 Å². The molecule has 2 aromatic carbocycles. The minimum atomic E-state index is -0.207. The Morgan fingerprint density at radius 1 is 1.17 bits per heavy atom. The number of nitrogens with one attached hydrogen (secondary N) is 1. The molecule has 0 aliphatic rings. The Bertz CT molecular complexity index is 855. The van der Waals surface area contributed by atoms with Gasteiger partial charge in [-0.3, -0.25) is 10.1 Å². The smallest absolute Gasteiger partial charge is 0.257 e. The van der Waals surface area contributed by atoms with Gasteiger partial charge in [0.2, 0.25) is 5.13 Å². The summed E-state index contributed by atoms with van der Waals surface area (Å²) in [4.78, 5) is 12.1. The largest absolute Gasteiger partial charge is 0.296 e. The lowest BCUT2D eigenvalue weighted by Gasteiger charge is -2.01. The second-order valence-electron chi connectivity index (χ2n) is 4.71. The van der Waals surface area contributed by atoms with Crippen molar-refractivity contribution in [3.63, 3.8) is 0 Å². The highest BCUT2D eigenvalue weighted by atomic mass is 79.9. The molecule has 0 unspecified atom stereocenters. The number of halogens is 2. The van der Waals surface area contributed by atoms with Crippen LogP contribution in [0.4, 0.5) is 5.13 Å². The Morgan fingerprint density at radius 2 is 1.92 bits per heavy atom. The van der Waals surface area contributed by atoms with Crippen LogP contribution in [0, 0.1) is 0 Å². The molecule has 0 atom stereocenters. The third-order valence-electron chi connectivity index (χ3n) is 3.04. The van der Waals surface area contributed by atoms with Gasteiger partial charge in [-0.15, -0.1) is 10.2 Å². The fraction of sp³-hybridized carbons (Fsp3) is 0.0625. The molecule has 3 aromatic rings. The second kappa shape index (κ2) is 8.11. The van der Waals surface area contributed by atoms with Crippen LogP contribution in [-0.2, 0) is 5.75 Å². The lowest BCUT2D eigenvalue weighted by Crippen LogP contribution is -2.11. The number of aromatic nitrogens is 2. The van der Waals surface area contributed by atoms with E-state index in [0.717, 1.165) is 19.4 Å². The molecule has 24 heavy (non-hydrogen) atoms. The van der Waals surface area contributed by atoms with Gasteiger partial charge < -0.3 is 0 Å². The van der Waals surface area contributed by atoms with Crippen LogP contribution in [0.15, 0.2) is 57.3 Å². The van der Waals surface area contributed by atoms with Gasteiger partial charge in [0.15, 0.2) is 4.34 Å². The van der Waals surface area contributed by atoms with Crippen molar-refractivity contribution in [3.8, 4) is 0 Å². The summed E-state index contributed by atoms with van der Waals surface area (Å²) in [6.45, 7) is 0. The number of hydrogen-bond donors (Lipinski definition) is 1. The molecule has 0 fully saturated rings. The predicted molar refractivity (Wildman–Crippen MR) is 103 cm³/mol. The first-order valence-electron chi connectivity index (χ1n) is 6.88. The first kappa shape index (κ1) is 17.4. The number of carbonyl (C=O) groups excluding carboxylic acids is 1. The maximum absolute atomic E-state index is 12.1. The summed E-state index contributed by atoms with van der Waals surface area (Å²) in [5.41, 5.74) is 1.61. The molecular weight excluding hydrogens is 430 g/mol. The van der Waals surface area contributed by atoms with Crippen LogP contribution in [0.25, 0.3) is 0 Å². The van der Waals surface area contributed by atoms with Gasteiger partial charge in [0.25, 0.3) is 5.91 Å². The summed E-state index contributed by atoms with van der Waals surface area (Å²) in [5, 5.41) is 12.1. The second-order valence-corrected chi connectivity index (χ2v) is 8.24. The molecule has 0 aliphatic carbocycles. The maximum atomic E-state index is 12.1. The summed E-state index contributed by atoms with van der Waals surface area (Å²) < 4.78 is 1.70. The Labute approximate surface area is 160 Å². The van der Waals surface area contributed by atoms with Gasteiger partial charge in [-0.25, -0.2) is 0 Å². The van der Waals surface area contributed by atoms with E-state index >= 15 is 0 Å². The van der Waals surface area contributed by atoms with Crippen LogP contribution in [0.2, 0.25) is 5.02 Å². The van der Waals surface area contributed by atoms with Crippen molar-refractivity contribution in [1.29, 1.82) is 0 Å². The van der Waals surface area contributed by atoms with Crippen molar-refractivity contribution in [1.82, 2.24) is 10.2 Å². The molecule has 1 heterocycles. The minimum absolute atomic E-state index is 0.207. The van der Waals surface area contributed by atoms with Crippen molar-refractivity contribution in [2.24, 2.45) is 0 Å². The monoisotopic (exact) mass is 439 g/mol. The third kappa shape index (κ3) is 4.57. The molecule has 4 nitrogen and oxygen atoms in total. The number of nitrogens with zero attached hydrogens (tertiary/aromatic N) is 2. The Kier molecular flexibility index (Phi) is 5.89. The van der Waals surface area contributed by atoms with E-state index in [1.54, 1.807) is 12.1 Å². The van der Waals surface area contributed by atoms with Crippen LogP contribution in [0.1, 0.15) is 15.9 Å². The Balaban J connectivity index is 1.60. The summed E-state index contributed by atoms with van der Waals surface area (Å²) in [6.07, 6.45) is 0. The number of amides is 1. The molecule has 0 saturated carbocycles. The zero-order chi connectivity index (χ0) is 16.9. The van der Waals surface area contributed by atoms with Crippen molar-refractivity contribution >= 4 is 61.7 Å². The fourth-order valence-electron chi connectivity index (χ4n) is 1.84. The Morgan fingerprint density at radius 3 is 2.67 bits per heavy atom. The van der Waals surface area contributed by atoms with Crippen LogP contribution < -0.4 is 5.32 Å². The predicted octanol–water partition coefficient (Wildman–Crippen LogP) is 5.50. The van der Waals surface area contributed by atoms with Gasteiger partial charge in [-0.05, 0) is 35.9 Å². The van der Waals surface area contributed by atoms with E-state index in [0.29, 0.717) is 16.4 Å². The molecule has 0 spiro atoms. The zero-order valence-electron chi connectivity index (χ0n) is 12.2. The average molecular weight is 441 g/mol. The van der Waals surface area contributed by atoms with Gasteiger partial charge in [0.05, 0.1) is 0 Å². The first-order valence-corrected chi connectivity index (χ1v) is 9.86. The zero-order valence-corrected chi connectivity index (χ0v) is 16.2. The molecule has 1 N–H and O–H groups in total. The van der Waals surface area contributed by atoms with Crippen molar-refractivity contribution in [2.75, 3.05) is 5.32 Å². The summed E-state index contributed by atoms with van der Waals surface area (Å²) >= 11 is 12.4. The standard InChI is InChI=1S/C16H11BrClN3OS2/c17-12-7-5-10(6-8-12)14(22)19-15-20-21-16(24-15)23-9-11-3-1-2-4-13(11)18/h1-8H,9H2,(H,19,20,22). The third-order valence-corrected chi connectivity index (χ3v) is 5.96. The fourth-order valence-corrected chi connectivity index (χ4v) is 4.14. The lowest BCUT2D eigenvalue weighted by atomic mass is 10.2. The van der Waals surface area contributed by atoms with Crippen molar-refractivity contribution in [2.45, 2.75) is 10.1 Å². The number of thioether (sulfide) groups is 1.